The highest BCUT2D eigenvalue weighted by Crippen LogP contribution is 2.15. The van der Waals surface area contributed by atoms with Gasteiger partial charge in [-0.15, -0.1) is 10.2 Å². The number of anilines is 1. The Morgan fingerprint density at radius 2 is 2.06 bits per heavy atom. The molecule has 0 spiro atoms. The van der Waals surface area contributed by atoms with Gasteiger partial charge in [-0.1, -0.05) is 0 Å². The van der Waals surface area contributed by atoms with Crippen molar-refractivity contribution in [2.75, 3.05) is 18.0 Å². The van der Waals surface area contributed by atoms with E-state index in [0.29, 0.717) is 13.1 Å². The molecule has 1 aliphatic rings. The molecule has 1 aliphatic heterocycles. The molecule has 0 atom stereocenters. The van der Waals surface area contributed by atoms with E-state index in [0.717, 1.165) is 36.8 Å². The number of nitrogens with zero attached hydrogens (tertiary/aromatic N) is 6. The Bertz CT molecular complexity index is 518. The molecule has 18 heavy (non-hydrogen) atoms. The van der Waals surface area contributed by atoms with Crippen LogP contribution >= 0.6 is 0 Å². The summed E-state index contributed by atoms with van der Waals surface area (Å²) in [5.74, 6) is 1.70. The lowest BCUT2D eigenvalue weighted by molar-refractivity contribution is 0.551. The Kier molecular flexibility index (Phi) is 2.89. The number of fused-ring (bicyclic) bond motifs is 1. The monoisotopic (exact) mass is 245 g/mol. The molecule has 0 aromatic carbocycles. The highest BCUT2D eigenvalue weighted by molar-refractivity contribution is 5.31. The fourth-order valence-electron chi connectivity index (χ4n) is 2.04. The zero-order valence-electron chi connectivity index (χ0n) is 10.0. The Balaban J connectivity index is 1.76. The first-order chi connectivity index (χ1) is 8.86. The molecule has 2 aromatic rings. The third-order valence-corrected chi connectivity index (χ3v) is 3.05. The highest BCUT2D eigenvalue weighted by Gasteiger charge is 2.19. The topological polar surface area (TPSA) is 85.8 Å². The molecule has 94 valence electrons. The van der Waals surface area contributed by atoms with Gasteiger partial charge in [-0.2, -0.15) is 0 Å². The van der Waals surface area contributed by atoms with Gasteiger partial charge in [0.15, 0.2) is 5.82 Å². The number of rotatable bonds is 3. The van der Waals surface area contributed by atoms with Gasteiger partial charge in [0.1, 0.15) is 6.33 Å². The average Bonchev–Trinajstić information content (AvgIpc) is 2.87. The van der Waals surface area contributed by atoms with Crippen molar-refractivity contribution in [3.8, 4) is 0 Å². The maximum absolute atomic E-state index is 5.50. The highest BCUT2D eigenvalue weighted by atomic mass is 15.3. The van der Waals surface area contributed by atoms with Crippen LogP contribution in [0.5, 0.6) is 0 Å². The lowest BCUT2D eigenvalue weighted by Gasteiger charge is -2.26. The van der Waals surface area contributed by atoms with E-state index in [-0.39, 0.29) is 0 Å². The van der Waals surface area contributed by atoms with Crippen molar-refractivity contribution in [1.82, 2.24) is 24.7 Å². The van der Waals surface area contributed by atoms with Crippen LogP contribution in [-0.4, -0.2) is 37.8 Å². The van der Waals surface area contributed by atoms with Crippen molar-refractivity contribution < 1.29 is 0 Å². The lowest BCUT2D eigenvalue weighted by atomic mass is 10.2. The van der Waals surface area contributed by atoms with Gasteiger partial charge in [0.2, 0.25) is 5.95 Å². The normalized spacial score (nSPS) is 14.6. The van der Waals surface area contributed by atoms with Gasteiger partial charge in [-0.25, -0.2) is 9.97 Å². The van der Waals surface area contributed by atoms with Crippen molar-refractivity contribution >= 4 is 5.95 Å². The Morgan fingerprint density at radius 3 is 2.83 bits per heavy atom. The quantitative estimate of drug-likeness (QED) is 0.791. The molecule has 0 saturated heterocycles. The van der Waals surface area contributed by atoms with Crippen LogP contribution in [0.3, 0.4) is 0 Å². The van der Waals surface area contributed by atoms with Crippen LogP contribution in [0, 0.1) is 0 Å². The van der Waals surface area contributed by atoms with Gasteiger partial charge < -0.3 is 15.2 Å². The van der Waals surface area contributed by atoms with Gasteiger partial charge in [-0.3, -0.25) is 0 Å². The molecule has 0 unspecified atom stereocenters. The maximum atomic E-state index is 5.50. The minimum absolute atomic E-state index is 0.621. The number of aromatic nitrogens is 5. The third-order valence-electron chi connectivity index (χ3n) is 3.05. The van der Waals surface area contributed by atoms with Crippen molar-refractivity contribution in [3.05, 3.63) is 30.1 Å². The Morgan fingerprint density at radius 1 is 1.22 bits per heavy atom. The fraction of sp³-hybridized carbons (Fsp3) is 0.455. The summed E-state index contributed by atoms with van der Waals surface area (Å²) in [6, 6.07) is 0. The first kappa shape index (κ1) is 11.1. The van der Waals surface area contributed by atoms with E-state index in [4.69, 9.17) is 5.73 Å². The molecule has 2 N–H and O–H groups in total. The zero-order chi connectivity index (χ0) is 12.4. The molecule has 2 aromatic heterocycles. The number of nitrogens with two attached hydrogens (primary N) is 1. The summed E-state index contributed by atoms with van der Waals surface area (Å²) in [7, 11) is 0. The first-order valence-corrected chi connectivity index (χ1v) is 5.99. The van der Waals surface area contributed by atoms with Crippen molar-refractivity contribution in [2.24, 2.45) is 5.73 Å². The molecule has 0 aliphatic carbocycles. The summed E-state index contributed by atoms with van der Waals surface area (Å²) in [6.45, 7) is 3.07. The molecule has 0 amide bonds. The van der Waals surface area contributed by atoms with Gasteiger partial charge in [0.25, 0.3) is 0 Å². The minimum Gasteiger partial charge on any atom is -0.331 e. The van der Waals surface area contributed by atoms with Gasteiger partial charge in [-0.05, 0) is 18.5 Å². The molecule has 3 rings (SSSR count). The summed E-state index contributed by atoms with van der Waals surface area (Å²) < 4.78 is 2.05. The predicted octanol–water partition coefficient (Wildman–Crippen LogP) is -0.411. The van der Waals surface area contributed by atoms with Crippen molar-refractivity contribution in [2.45, 2.75) is 19.5 Å². The summed E-state index contributed by atoms with van der Waals surface area (Å²) in [5.41, 5.74) is 6.57. The summed E-state index contributed by atoms with van der Waals surface area (Å²) in [4.78, 5) is 10.9. The standard InChI is InChI=1S/C11H15N7/c12-2-1-9-5-13-11(14-6-9)17-3-4-18-8-15-16-10(18)7-17/h5-6,8H,1-4,7,12H2. The molecule has 0 fully saturated rings. The molecule has 3 heterocycles. The molecule has 7 nitrogen and oxygen atoms in total. The smallest absolute Gasteiger partial charge is 0.225 e. The van der Waals surface area contributed by atoms with Crippen LogP contribution in [0.4, 0.5) is 5.95 Å². The Hall–Kier alpha value is -2.02. The molecule has 0 saturated carbocycles. The van der Waals surface area contributed by atoms with Crippen molar-refractivity contribution in [1.29, 1.82) is 0 Å². The van der Waals surface area contributed by atoms with E-state index in [1.54, 1.807) is 6.33 Å². The second-order valence-electron chi connectivity index (χ2n) is 4.29. The first-order valence-electron chi connectivity index (χ1n) is 5.99. The summed E-state index contributed by atoms with van der Waals surface area (Å²) >= 11 is 0. The summed E-state index contributed by atoms with van der Waals surface area (Å²) in [6.07, 6.45) is 6.26. The second kappa shape index (κ2) is 4.69. The van der Waals surface area contributed by atoms with Gasteiger partial charge >= 0.3 is 0 Å². The SMILES string of the molecule is NCCc1cnc(N2CCn3cnnc3C2)nc1. The second-order valence-corrected chi connectivity index (χ2v) is 4.29. The van der Waals surface area contributed by atoms with Crippen molar-refractivity contribution in [3.63, 3.8) is 0 Å². The third kappa shape index (κ3) is 2.04. The van der Waals surface area contributed by atoms with E-state index >= 15 is 0 Å². The van der Waals surface area contributed by atoms with E-state index < -0.39 is 0 Å². The average molecular weight is 245 g/mol. The van der Waals surface area contributed by atoms with Crippen LogP contribution in [0.2, 0.25) is 0 Å². The predicted molar refractivity (Wildman–Crippen MR) is 65.9 cm³/mol. The lowest BCUT2D eigenvalue weighted by Crippen LogP contribution is -2.34. The van der Waals surface area contributed by atoms with Crippen LogP contribution in [-0.2, 0) is 19.5 Å². The zero-order valence-corrected chi connectivity index (χ0v) is 10.0. The van der Waals surface area contributed by atoms with E-state index in [1.165, 1.54) is 0 Å². The largest absolute Gasteiger partial charge is 0.331 e. The molecular formula is C11H15N7. The number of hydrogen-bond acceptors (Lipinski definition) is 6. The van der Waals surface area contributed by atoms with Crippen LogP contribution in [0.15, 0.2) is 18.7 Å². The van der Waals surface area contributed by atoms with E-state index in [2.05, 4.69) is 29.6 Å². The molecular weight excluding hydrogens is 230 g/mol. The summed E-state index contributed by atoms with van der Waals surface area (Å²) in [5, 5.41) is 7.98. The van der Waals surface area contributed by atoms with Crippen LogP contribution < -0.4 is 10.6 Å². The van der Waals surface area contributed by atoms with E-state index in [9.17, 15) is 0 Å². The van der Waals surface area contributed by atoms with Crippen LogP contribution in [0.1, 0.15) is 11.4 Å². The number of hydrogen-bond donors (Lipinski definition) is 1. The van der Waals surface area contributed by atoms with Gasteiger partial charge in [0.05, 0.1) is 6.54 Å². The van der Waals surface area contributed by atoms with E-state index in [1.807, 2.05) is 12.4 Å². The van der Waals surface area contributed by atoms with Gasteiger partial charge in [0, 0.05) is 25.5 Å². The minimum atomic E-state index is 0.621. The molecule has 7 heteroatoms. The fourth-order valence-corrected chi connectivity index (χ4v) is 2.04. The van der Waals surface area contributed by atoms with Crippen LogP contribution in [0.25, 0.3) is 0 Å². The Labute approximate surface area is 105 Å². The molecule has 0 radical (unpaired) electrons. The maximum Gasteiger partial charge on any atom is 0.225 e. The molecule has 0 bridgehead atoms.